The first kappa shape index (κ1) is 13.4. The van der Waals surface area contributed by atoms with Gasteiger partial charge in [0.05, 0.1) is 23.8 Å². The number of nitrogens with zero attached hydrogens (tertiary/aromatic N) is 3. The van der Waals surface area contributed by atoms with Crippen molar-refractivity contribution >= 4 is 17.3 Å². The fourth-order valence-electron chi connectivity index (χ4n) is 1.60. The average Bonchev–Trinajstić information content (AvgIpc) is 3.16. The van der Waals surface area contributed by atoms with Gasteiger partial charge in [-0.05, 0) is 19.1 Å². The maximum absolute atomic E-state index is 11.8. The Morgan fingerprint density at radius 1 is 1.38 bits per heavy atom. The van der Waals surface area contributed by atoms with Crippen molar-refractivity contribution in [3.63, 3.8) is 0 Å². The maximum Gasteiger partial charge on any atom is 0.358 e. The molecule has 0 aliphatic carbocycles. The van der Waals surface area contributed by atoms with Crippen LogP contribution in [-0.2, 0) is 11.3 Å². The lowest BCUT2D eigenvalue weighted by Crippen LogP contribution is -2.08. The van der Waals surface area contributed by atoms with E-state index < -0.39 is 5.97 Å². The topological polar surface area (TPSA) is 78.1 Å². The molecule has 0 fully saturated rings. The minimum Gasteiger partial charge on any atom is -0.462 e. The first-order chi connectivity index (χ1) is 10.2. The van der Waals surface area contributed by atoms with E-state index in [1.807, 2.05) is 11.4 Å². The van der Waals surface area contributed by atoms with Gasteiger partial charge in [-0.15, -0.1) is 11.3 Å². The number of aromatic nitrogens is 3. The number of carbonyl (C=O) groups excluding carboxylic acids is 1. The summed E-state index contributed by atoms with van der Waals surface area (Å²) in [5, 5.41) is 2.58. The Morgan fingerprint density at radius 2 is 2.29 bits per heavy atom. The van der Waals surface area contributed by atoms with Crippen molar-refractivity contribution in [3.8, 4) is 10.8 Å². The Morgan fingerprint density at radius 3 is 3.00 bits per heavy atom. The van der Waals surface area contributed by atoms with Gasteiger partial charge in [-0.25, -0.2) is 14.8 Å². The summed E-state index contributed by atoms with van der Waals surface area (Å²) < 4.78 is 10.4. The van der Waals surface area contributed by atoms with Gasteiger partial charge in [0.25, 0.3) is 0 Å². The van der Waals surface area contributed by atoms with Gasteiger partial charge in [0.2, 0.25) is 0 Å². The Kier molecular flexibility index (Phi) is 3.74. The van der Waals surface area contributed by atoms with Gasteiger partial charge < -0.3 is 9.15 Å². The molecule has 0 bridgehead atoms. The van der Waals surface area contributed by atoms with Crippen molar-refractivity contribution in [2.75, 3.05) is 0 Å². The van der Waals surface area contributed by atoms with Crippen LogP contribution >= 0.6 is 11.3 Å². The summed E-state index contributed by atoms with van der Waals surface area (Å²) in [6, 6.07) is 3.63. The third-order valence-corrected chi connectivity index (χ3v) is 3.53. The highest BCUT2D eigenvalue weighted by Crippen LogP contribution is 2.24. The van der Waals surface area contributed by atoms with Crippen molar-refractivity contribution in [2.24, 2.45) is 0 Å². The lowest BCUT2D eigenvalue weighted by Gasteiger charge is -2.01. The zero-order valence-electron chi connectivity index (χ0n) is 11.1. The summed E-state index contributed by atoms with van der Waals surface area (Å²) in [4.78, 5) is 24.1. The highest BCUT2D eigenvalue weighted by molar-refractivity contribution is 7.13. The molecule has 3 aromatic heterocycles. The summed E-state index contributed by atoms with van der Waals surface area (Å²) in [5.41, 5.74) is 1.59. The standard InChI is InChI=1S/C14H11N3O3S/c1-9-5-16-11(6-15-9)14(18)20-7-10-8-21-13(17-10)12-3-2-4-19-12/h2-6,8H,7H2,1H3. The Hall–Kier alpha value is -2.54. The van der Waals surface area contributed by atoms with E-state index in [4.69, 9.17) is 9.15 Å². The van der Waals surface area contributed by atoms with E-state index >= 15 is 0 Å². The maximum atomic E-state index is 11.8. The second-order valence-electron chi connectivity index (χ2n) is 4.24. The van der Waals surface area contributed by atoms with Crippen LogP contribution in [0.1, 0.15) is 21.9 Å². The third kappa shape index (κ3) is 3.14. The lowest BCUT2D eigenvalue weighted by atomic mass is 10.4. The van der Waals surface area contributed by atoms with Gasteiger partial charge >= 0.3 is 5.97 Å². The predicted octanol–water partition coefficient (Wildman–Crippen LogP) is 2.86. The molecule has 3 aromatic rings. The highest BCUT2D eigenvalue weighted by atomic mass is 32.1. The minimum absolute atomic E-state index is 0.0889. The number of carbonyl (C=O) groups is 1. The van der Waals surface area contributed by atoms with Crippen LogP contribution in [0.15, 0.2) is 40.6 Å². The Balaban J connectivity index is 1.62. The van der Waals surface area contributed by atoms with Gasteiger partial charge in [-0.2, -0.15) is 0 Å². The number of furan rings is 1. The summed E-state index contributed by atoms with van der Waals surface area (Å²) in [6.07, 6.45) is 4.51. The van der Waals surface area contributed by atoms with E-state index in [-0.39, 0.29) is 12.3 Å². The SMILES string of the molecule is Cc1cnc(C(=O)OCc2csc(-c3ccco3)n2)cn1. The van der Waals surface area contributed by atoms with E-state index in [2.05, 4.69) is 15.0 Å². The van der Waals surface area contributed by atoms with Crippen LogP contribution in [0, 0.1) is 6.92 Å². The molecule has 0 radical (unpaired) electrons. The van der Waals surface area contributed by atoms with Crippen molar-refractivity contribution < 1.29 is 13.9 Å². The minimum atomic E-state index is -0.518. The Labute approximate surface area is 124 Å². The molecule has 0 N–H and O–H groups in total. The van der Waals surface area contributed by atoms with Crippen LogP contribution in [0.25, 0.3) is 10.8 Å². The molecule has 0 unspecified atom stereocenters. The highest BCUT2D eigenvalue weighted by Gasteiger charge is 2.12. The molecule has 0 spiro atoms. The molecular weight excluding hydrogens is 290 g/mol. The van der Waals surface area contributed by atoms with Gasteiger partial charge in [0.15, 0.2) is 16.5 Å². The van der Waals surface area contributed by atoms with E-state index in [0.717, 1.165) is 10.7 Å². The van der Waals surface area contributed by atoms with Crippen LogP contribution < -0.4 is 0 Å². The van der Waals surface area contributed by atoms with Crippen molar-refractivity contribution in [1.29, 1.82) is 0 Å². The van der Waals surface area contributed by atoms with Crippen molar-refractivity contribution in [3.05, 3.63) is 53.3 Å². The molecule has 0 aliphatic heterocycles. The first-order valence-corrected chi connectivity index (χ1v) is 7.04. The largest absolute Gasteiger partial charge is 0.462 e. The molecule has 0 aliphatic rings. The molecule has 0 amide bonds. The summed E-state index contributed by atoms with van der Waals surface area (Å²) in [6.45, 7) is 1.89. The second kappa shape index (κ2) is 5.84. The molecule has 0 atom stereocenters. The third-order valence-electron chi connectivity index (χ3n) is 2.62. The molecule has 106 valence electrons. The molecule has 0 saturated carbocycles. The molecule has 0 saturated heterocycles. The molecule has 21 heavy (non-hydrogen) atoms. The fourth-order valence-corrected chi connectivity index (χ4v) is 2.37. The zero-order valence-corrected chi connectivity index (χ0v) is 12.0. The molecule has 6 nitrogen and oxygen atoms in total. The van der Waals surface area contributed by atoms with Crippen molar-refractivity contribution in [2.45, 2.75) is 13.5 Å². The van der Waals surface area contributed by atoms with E-state index in [1.54, 1.807) is 19.3 Å². The molecule has 7 heteroatoms. The van der Waals surface area contributed by atoms with Crippen LogP contribution in [0.4, 0.5) is 0 Å². The van der Waals surface area contributed by atoms with Gasteiger partial charge in [0, 0.05) is 11.6 Å². The number of ether oxygens (including phenoxy) is 1. The molecule has 3 rings (SSSR count). The van der Waals surface area contributed by atoms with Crippen LogP contribution in [-0.4, -0.2) is 20.9 Å². The summed E-state index contributed by atoms with van der Waals surface area (Å²) >= 11 is 1.43. The van der Waals surface area contributed by atoms with Crippen molar-refractivity contribution in [1.82, 2.24) is 15.0 Å². The van der Waals surface area contributed by atoms with Crippen LogP contribution in [0.3, 0.4) is 0 Å². The van der Waals surface area contributed by atoms with Gasteiger partial charge in [0.1, 0.15) is 6.61 Å². The van der Waals surface area contributed by atoms with Crippen LogP contribution in [0.2, 0.25) is 0 Å². The van der Waals surface area contributed by atoms with Gasteiger partial charge in [-0.3, -0.25) is 4.98 Å². The Bertz CT molecular complexity index is 735. The molecule has 0 aromatic carbocycles. The number of hydrogen-bond acceptors (Lipinski definition) is 7. The number of hydrogen-bond donors (Lipinski definition) is 0. The normalized spacial score (nSPS) is 10.5. The van der Waals surface area contributed by atoms with E-state index in [9.17, 15) is 4.79 Å². The first-order valence-electron chi connectivity index (χ1n) is 6.16. The molecular formula is C14H11N3O3S. The quantitative estimate of drug-likeness (QED) is 0.689. The van der Waals surface area contributed by atoms with E-state index in [1.165, 1.54) is 23.7 Å². The second-order valence-corrected chi connectivity index (χ2v) is 5.10. The average molecular weight is 301 g/mol. The number of esters is 1. The summed E-state index contributed by atoms with van der Waals surface area (Å²) in [5.74, 6) is 0.178. The van der Waals surface area contributed by atoms with E-state index in [0.29, 0.717) is 11.5 Å². The summed E-state index contributed by atoms with van der Waals surface area (Å²) in [7, 11) is 0. The molecule has 3 heterocycles. The zero-order chi connectivity index (χ0) is 14.7. The lowest BCUT2D eigenvalue weighted by molar-refractivity contribution is 0.0461. The number of thiazole rings is 1. The monoisotopic (exact) mass is 301 g/mol. The smallest absolute Gasteiger partial charge is 0.358 e. The fraction of sp³-hybridized carbons (Fsp3) is 0.143. The van der Waals surface area contributed by atoms with Crippen LogP contribution in [0.5, 0.6) is 0 Å². The number of rotatable bonds is 4. The number of aryl methyl sites for hydroxylation is 1. The van der Waals surface area contributed by atoms with Gasteiger partial charge in [-0.1, -0.05) is 0 Å². The predicted molar refractivity (Wildman–Crippen MR) is 75.7 cm³/mol.